The third-order valence-corrected chi connectivity index (χ3v) is 3.88. The predicted octanol–water partition coefficient (Wildman–Crippen LogP) is 5.27. The second-order valence-electron chi connectivity index (χ2n) is 7.32. The van der Waals surface area contributed by atoms with Gasteiger partial charge in [0.15, 0.2) is 0 Å². The highest BCUT2D eigenvalue weighted by Gasteiger charge is 2.33. The summed E-state index contributed by atoms with van der Waals surface area (Å²) in [6, 6.07) is 0.106. The summed E-state index contributed by atoms with van der Waals surface area (Å²) < 4.78 is 0. The van der Waals surface area contributed by atoms with Crippen LogP contribution in [0.1, 0.15) is 68.2 Å². The van der Waals surface area contributed by atoms with Crippen LogP contribution in [-0.2, 0) is 19.2 Å². The second-order valence-corrected chi connectivity index (χ2v) is 7.96. The SMILES string of the molecule is C#CC(C)C.CC(C)C(=O)ON1C(=O)CCC1=O.CC(C)CBr.CC(C)N=[N+]=[N-]. The molecule has 8 nitrogen and oxygen atoms in total. The zero-order valence-electron chi connectivity index (χ0n) is 18.8. The van der Waals surface area contributed by atoms with Gasteiger partial charge in [-0.2, -0.15) is 0 Å². The Morgan fingerprint density at radius 2 is 1.55 bits per heavy atom. The molecule has 0 aromatic carbocycles. The Morgan fingerprint density at radius 1 is 1.17 bits per heavy atom. The number of imide groups is 1. The van der Waals surface area contributed by atoms with Crippen LogP contribution >= 0.6 is 15.9 Å². The van der Waals surface area contributed by atoms with Crippen molar-refractivity contribution in [3.63, 3.8) is 0 Å². The number of terminal acetylenes is 1. The fourth-order valence-electron chi connectivity index (χ4n) is 0.957. The number of hydrogen-bond donors (Lipinski definition) is 0. The Morgan fingerprint density at radius 3 is 1.72 bits per heavy atom. The maximum absolute atomic E-state index is 11.0. The monoisotopic (exact) mass is 474 g/mol. The van der Waals surface area contributed by atoms with E-state index in [4.69, 9.17) is 12.0 Å². The zero-order valence-corrected chi connectivity index (χ0v) is 20.4. The van der Waals surface area contributed by atoms with Gasteiger partial charge in [-0.25, -0.2) is 4.79 Å². The van der Waals surface area contributed by atoms with Crippen molar-refractivity contribution in [3.8, 4) is 12.3 Å². The number of nitrogens with zero attached hydrogens (tertiary/aromatic N) is 4. The number of carbonyl (C=O) groups is 3. The van der Waals surface area contributed by atoms with Gasteiger partial charge in [-0.15, -0.1) is 17.4 Å². The van der Waals surface area contributed by atoms with Crippen LogP contribution in [0.15, 0.2) is 5.11 Å². The van der Waals surface area contributed by atoms with Crippen molar-refractivity contribution in [2.45, 2.75) is 74.3 Å². The van der Waals surface area contributed by atoms with E-state index >= 15 is 0 Å². The molecule has 0 N–H and O–H groups in total. The molecule has 0 radical (unpaired) electrons. The number of halogens is 1. The van der Waals surface area contributed by atoms with Gasteiger partial charge in [0.05, 0.1) is 5.92 Å². The molecule has 0 unspecified atom stereocenters. The maximum Gasteiger partial charge on any atom is 0.335 e. The van der Waals surface area contributed by atoms with Gasteiger partial charge < -0.3 is 4.84 Å². The average molecular weight is 475 g/mol. The Hall–Kier alpha value is -2.04. The van der Waals surface area contributed by atoms with Gasteiger partial charge >= 0.3 is 5.97 Å². The van der Waals surface area contributed by atoms with Gasteiger partial charge in [-0.1, -0.05) is 76.4 Å². The lowest BCUT2D eigenvalue weighted by Crippen LogP contribution is -2.33. The predicted molar refractivity (Wildman–Crippen MR) is 119 cm³/mol. The Labute approximate surface area is 183 Å². The summed E-state index contributed by atoms with van der Waals surface area (Å²) in [5, 5.41) is 4.98. The number of carbonyl (C=O) groups excluding carboxylic acids is 3. The molecule has 0 atom stereocenters. The van der Waals surface area contributed by atoms with E-state index in [0.29, 0.717) is 11.0 Å². The topological polar surface area (TPSA) is 112 Å². The molecule has 1 rings (SSSR count). The minimum absolute atomic E-state index is 0.106. The average Bonchev–Trinajstić information content (AvgIpc) is 2.94. The number of hydrogen-bond acceptors (Lipinski definition) is 5. The van der Waals surface area contributed by atoms with Gasteiger partial charge in [0.25, 0.3) is 11.8 Å². The normalized spacial score (nSPS) is 12.2. The van der Waals surface area contributed by atoms with Gasteiger partial charge in [0, 0.05) is 35.0 Å². The molecule has 0 saturated carbocycles. The lowest BCUT2D eigenvalue weighted by atomic mass is 10.2. The summed E-state index contributed by atoms with van der Waals surface area (Å²) in [5.74, 6) is 1.94. The van der Waals surface area contributed by atoms with Crippen LogP contribution in [0, 0.1) is 30.1 Å². The smallest absolute Gasteiger partial charge is 0.330 e. The first-order chi connectivity index (χ1) is 13.3. The molecular formula is C20H35BrN4O4. The molecule has 2 amide bonds. The van der Waals surface area contributed by atoms with Crippen LogP contribution in [0.3, 0.4) is 0 Å². The minimum Gasteiger partial charge on any atom is -0.330 e. The second kappa shape index (κ2) is 19.3. The van der Waals surface area contributed by atoms with Crippen LogP contribution in [0.4, 0.5) is 0 Å². The summed E-state index contributed by atoms with van der Waals surface area (Å²) in [6.45, 7) is 15.3. The minimum atomic E-state index is -0.566. The molecular weight excluding hydrogens is 440 g/mol. The van der Waals surface area contributed by atoms with E-state index in [1.165, 1.54) is 0 Å². The highest BCUT2D eigenvalue weighted by Crippen LogP contribution is 2.13. The molecule has 1 fully saturated rings. The van der Waals surface area contributed by atoms with E-state index in [2.05, 4.69) is 50.6 Å². The first-order valence-electron chi connectivity index (χ1n) is 9.47. The van der Waals surface area contributed by atoms with Crippen molar-refractivity contribution < 1.29 is 19.2 Å². The van der Waals surface area contributed by atoms with Crippen LogP contribution in [0.5, 0.6) is 0 Å². The summed E-state index contributed by atoms with van der Waals surface area (Å²) in [7, 11) is 0. The summed E-state index contributed by atoms with van der Waals surface area (Å²) in [5.41, 5.74) is 7.70. The standard InChI is InChI=1S/C8H11NO4.C5H8.C4H9Br.C3H7N3/c1-5(2)8(12)13-9-6(10)3-4-7(9)11;1-4-5(2)3;1-4(2)3-5;1-3(2)5-6-4/h5H,3-4H2,1-2H3;1,5H,2-3H3;4H,3H2,1-2H3;3H,1-2H3. The van der Waals surface area contributed by atoms with Crippen LogP contribution < -0.4 is 0 Å². The van der Waals surface area contributed by atoms with Crippen LogP contribution in [0.2, 0.25) is 0 Å². The van der Waals surface area contributed by atoms with E-state index in [1.807, 2.05) is 27.7 Å². The zero-order chi connectivity index (χ0) is 23.6. The first kappa shape index (κ1) is 31.6. The van der Waals surface area contributed by atoms with Crippen molar-refractivity contribution in [2.75, 3.05) is 5.33 Å². The molecule has 0 bridgehead atoms. The third-order valence-electron chi connectivity index (χ3n) is 2.58. The molecule has 0 aliphatic carbocycles. The van der Waals surface area contributed by atoms with Crippen molar-refractivity contribution in [2.24, 2.45) is 22.9 Å². The van der Waals surface area contributed by atoms with Crippen molar-refractivity contribution in [1.82, 2.24) is 5.06 Å². The molecule has 1 saturated heterocycles. The van der Waals surface area contributed by atoms with Crippen LogP contribution in [-0.4, -0.2) is 34.2 Å². The summed E-state index contributed by atoms with van der Waals surface area (Å²) in [4.78, 5) is 40.1. The number of alkyl halides is 1. The fourth-order valence-corrected chi connectivity index (χ4v) is 0.957. The maximum atomic E-state index is 11.0. The molecule has 166 valence electrons. The number of azide groups is 1. The molecule has 0 aromatic rings. The quantitative estimate of drug-likeness (QED) is 0.138. The van der Waals surface area contributed by atoms with Crippen molar-refractivity contribution in [3.05, 3.63) is 10.4 Å². The molecule has 0 aromatic heterocycles. The lowest BCUT2D eigenvalue weighted by molar-refractivity contribution is -0.199. The van der Waals surface area contributed by atoms with Crippen LogP contribution in [0.25, 0.3) is 10.4 Å². The van der Waals surface area contributed by atoms with E-state index in [-0.39, 0.29) is 24.8 Å². The Balaban J connectivity index is -0.000000354. The van der Waals surface area contributed by atoms with Gasteiger partial charge in [0.2, 0.25) is 0 Å². The van der Waals surface area contributed by atoms with Gasteiger partial charge in [-0.3, -0.25) is 9.59 Å². The fraction of sp³-hybridized carbons (Fsp3) is 0.750. The number of amides is 2. The van der Waals surface area contributed by atoms with E-state index in [0.717, 1.165) is 11.2 Å². The van der Waals surface area contributed by atoms with Crippen molar-refractivity contribution in [1.29, 1.82) is 0 Å². The largest absolute Gasteiger partial charge is 0.335 e. The molecule has 0 spiro atoms. The molecule has 1 aliphatic rings. The highest BCUT2D eigenvalue weighted by atomic mass is 79.9. The molecule has 1 heterocycles. The Bertz CT molecular complexity index is 562. The first-order valence-corrected chi connectivity index (χ1v) is 10.6. The number of hydroxylamine groups is 2. The highest BCUT2D eigenvalue weighted by molar-refractivity contribution is 9.09. The lowest BCUT2D eigenvalue weighted by Gasteiger charge is -2.13. The van der Waals surface area contributed by atoms with Gasteiger partial charge in [-0.05, 0) is 11.4 Å². The molecule has 9 heteroatoms. The van der Waals surface area contributed by atoms with Gasteiger partial charge in [0.1, 0.15) is 0 Å². The third kappa shape index (κ3) is 22.1. The van der Waals surface area contributed by atoms with E-state index < -0.39 is 17.8 Å². The molecule has 1 aliphatic heterocycles. The summed E-state index contributed by atoms with van der Waals surface area (Å²) >= 11 is 3.31. The molecule has 29 heavy (non-hydrogen) atoms. The van der Waals surface area contributed by atoms with Crippen molar-refractivity contribution >= 4 is 33.7 Å². The van der Waals surface area contributed by atoms with E-state index in [9.17, 15) is 14.4 Å². The Kier molecular flexibility index (Phi) is 21.0. The summed E-state index contributed by atoms with van der Waals surface area (Å²) in [6.07, 6.45) is 5.18. The van der Waals surface area contributed by atoms with E-state index in [1.54, 1.807) is 13.8 Å². The number of rotatable bonds is 4.